The number of nitrogens with zero attached hydrogens (tertiary/aromatic N) is 2. The first-order valence-corrected chi connectivity index (χ1v) is 6.81. The monoisotopic (exact) mass is 236 g/mol. The average Bonchev–Trinajstić information content (AvgIpc) is 2.72. The summed E-state index contributed by atoms with van der Waals surface area (Å²) in [6.07, 6.45) is 11.2. The molecule has 1 aromatic rings. The Kier molecular flexibility index (Phi) is 3.87. The molecule has 0 amide bonds. The summed E-state index contributed by atoms with van der Waals surface area (Å²) in [6.45, 7) is 2.23. The Morgan fingerprint density at radius 1 is 1.59 bits per heavy atom. The Hall–Kier alpha value is -0.830. The molecule has 2 rings (SSSR count). The smallest absolute Gasteiger partial charge is 0.108 e. The second-order valence-corrected chi connectivity index (χ2v) is 5.55. The topological polar surface area (TPSA) is 38.1 Å². The van der Waals surface area contributed by atoms with E-state index in [1.165, 1.54) is 19.3 Å². The molecule has 1 heterocycles. The first kappa shape index (κ1) is 12.6. The van der Waals surface area contributed by atoms with E-state index >= 15 is 0 Å². The SMILES string of the molecule is CCC1CCCC(O)(CCc2nccn2C)C1. The first-order chi connectivity index (χ1) is 8.13. The normalized spacial score (nSPS) is 29.5. The minimum Gasteiger partial charge on any atom is -0.390 e. The van der Waals surface area contributed by atoms with Crippen molar-refractivity contribution in [3.63, 3.8) is 0 Å². The third kappa shape index (κ3) is 3.09. The molecule has 96 valence electrons. The van der Waals surface area contributed by atoms with Crippen molar-refractivity contribution in [1.29, 1.82) is 0 Å². The van der Waals surface area contributed by atoms with Gasteiger partial charge in [0.25, 0.3) is 0 Å². The van der Waals surface area contributed by atoms with Gasteiger partial charge in [0.05, 0.1) is 5.60 Å². The molecule has 1 fully saturated rings. The zero-order valence-corrected chi connectivity index (χ0v) is 11.0. The van der Waals surface area contributed by atoms with Crippen LogP contribution in [0.1, 0.15) is 51.3 Å². The summed E-state index contributed by atoms with van der Waals surface area (Å²) in [7, 11) is 2.02. The van der Waals surface area contributed by atoms with Gasteiger partial charge in [-0.1, -0.05) is 26.2 Å². The zero-order valence-electron chi connectivity index (χ0n) is 11.0. The van der Waals surface area contributed by atoms with Gasteiger partial charge in [0, 0.05) is 25.9 Å². The maximum atomic E-state index is 10.6. The molecule has 1 N–H and O–H groups in total. The van der Waals surface area contributed by atoms with Crippen molar-refractivity contribution < 1.29 is 5.11 Å². The fourth-order valence-corrected chi connectivity index (χ4v) is 3.02. The van der Waals surface area contributed by atoms with Crippen molar-refractivity contribution in [2.24, 2.45) is 13.0 Å². The minimum atomic E-state index is -0.440. The van der Waals surface area contributed by atoms with Gasteiger partial charge in [0.1, 0.15) is 5.82 Å². The van der Waals surface area contributed by atoms with Gasteiger partial charge in [-0.05, 0) is 25.2 Å². The summed E-state index contributed by atoms with van der Waals surface area (Å²) in [6, 6.07) is 0. The number of hydrogen-bond acceptors (Lipinski definition) is 2. The number of aryl methyl sites for hydroxylation is 2. The van der Waals surface area contributed by atoms with Crippen LogP contribution >= 0.6 is 0 Å². The fraction of sp³-hybridized carbons (Fsp3) is 0.786. The van der Waals surface area contributed by atoms with Crippen molar-refractivity contribution in [3.8, 4) is 0 Å². The molecule has 1 aliphatic rings. The maximum absolute atomic E-state index is 10.6. The Balaban J connectivity index is 1.91. The highest BCUT2D eigenvalue weighted by atomic mass is 16.3. The fourth-order valence-electron chi connectivity index (χ4n) is 3.02. The molecule has 17 heavy (non-hydrogen) atoms. The lowest BCUT2D eigenvalue weighted by Crippen LogP contribution is -2.35. The maximum Gasteiger partial charge on any atom is 0.108 e. The Morgan fingerprint density at radius 2 is 2.41 bits per heavy atom. The molecule has 0 spiro atoms. The molecule has 0 radical (unpaired) electrons. The molecule has 0 aromatic carbocycles. The molecule has 2 atom stereocenters. The predicted molar refractivity (Wildman–Crippen MR) is 68.7 cm³/mol. The lowest BCUT2D eigenvalue weighted by molar-refractivity contribution is -0.0238. The van der Waals surface area contributed by atoms with Crippen molar-refractivity contribution in [2.75, 3.05) is 0 Å². The van der Waals surface area contributed by atoms with Crippen LogP contribution in [-0.2, 0) is 13.5 Å². The third-order valence-corrected chi connectivity index (χ3v) is 4.24. The molecule has 1 aliphatic carbocycles. The average molecular weight is 236 g/mol. The van der Waals surface area contributed by atoms with Crippen molar-refractivity contribution in [1.82, 2.24) is 9.55 Å². The van der Waals surface area contributed by atoms with Crippen molar-refractivity contribution in [3.05, 3.63) is 18.2 Å². The van der Waals surface area contributed by atoms with Crippen LogP contribution < -0.4 is 0 Å². The Labute approximate surface area is 104 Å². The van der Waals surface area contributed by atoms with Gasteiger partial charge in [-0.3, -0.25) is 0 Å². The largest absolute Gasteiger partial charge is 0.390 e. The van der Waals surface area contributed by atoms with E-state index < -0.39 is 5.60 Å². The predicted octanol–water partition coefficient (Wildman–Crippen LogP) is 2.68. The lowest BCUT2D eigenvalue weighted by atomic mass is 9.75. The summed E-state index contributed by atoms with van der Waals surface area (Å²) >= 11 is 0. The highest BCUT2D eigenvalue weighted by Crippen LogP contribution is 2.36. The summed E-state index contributed by atoms with van der Waals surface area (Å²) < 4.78 is 2.05. The Bertz CT molecular complexity index is 361. The van der Waals surface area contributed by atoms with E-state index in [4.69, 9.17) is 0 Å². The van der Waals surface area contributed by atoms with Crippen LogP contribution in [0.5, 0.6) is 0 Å². The van der Waals surface area contributed by atoms with E-state index in [1.54, 1.807) is 0 Å². The highest BCUT2D eigenvalue weighted by Gasteiger charge is 2.33. The second-order valence-electron chi connectivity index (χ2n) is 5.55. The van der Waals surface area contributed by atoms with E-state index in [9.17, 15) is 5.11 Å². The molecular weight excluding hydrogens is 212 g/mol. The standard InChI is InChI=1S/C14H24N2O/c1-3-12-5-4-7-14(17,11-12)8-6-13-15-9-10-16(13)2/h9-10,12,17H,3-8,11H2,1-2H3. The van der Waals surface area contributed by atoms with Gasteiger partial charge >= 0.3 is 0 Å². The molecule has 1 aromatic heterocycles. The van der Waals surface area contributed by atoms with Crippen LogP contribution in [0.2, 0.25) is 0 Å². The number of rotatable bonds is 4. The first-order valence-electron chi connectivity index (χ1n) is 6.81. The summed E-state index contributed by atoms with van der Waals surface area (Å²) in [5.41, 5.74) is -0.440. The number of aliphatic hydroxyl groups is 1. The van der Waals surface area contributed by atoms with Gasteiger partial charge in [-0.25, -0.2) is 4.98 Å². The van der Waals surface area contributed by atoms with Crippen LogP contribution in [0.4, 0.5) is 0 Å². The van der Waals surface area contributed by atoms with Gasteiger partial charge in [0.15, 0.2) is 0 Å². The van der Waals surface area contributed by atoms with E-state index in [1.807, 2.05) is 24.0 Å². The molecule has 1 saturated carbocycles. The molecule has 0 saturated heterocycles. The molecule has 3 heteroatoms. The summed E-state index contributed by atoms with van der Waals surface area (Å²) in [4.78, 5) is 4.32. The van der Waals surface area contributed by atoms with E-state index in [-0.39, 0.29) is 0 Å². The van der Waals surface area contributed by atoms with Crippen molar-refractivity contribution >= 4 is 0 Å². The van der Waals surface area contributed by atoms with Crippen LogP contribution in [0.3, 0.4) is 0 Å². The quantitative estimate of drug-likeness (QED) is 0.873. The van der Waals surface area contributed by atoms with Crippen LogP contribution in [0, 0.1) is 5.92 Å². The second kappa shape index (κ2) is 5.21. The molecular formula is C14H24N2O. The van der Waals surface area contributed by atoms with Gasteiger partial charge in [-0.15, -0.1) is 0 Å². The summed E-state index contributed by atoms with van der Waals surface area (Å²) in [5.74, 6) is 1.80. The Morgan fingerprint density at radius 3 is 3.06 bits per heavy atom. The number of imidazole rings is 1. The minimum absolute atomic E-state index is 0.440. The van der Waals surface area contributed by atoms with E-state index in [2.05, 4.69) is 11.9 Å². The van der Waals surface area contributed by atoms with E-state index in [0.717, 1.165) is 37.4 Å². The summed E-state index contributed by atoms with van der Waals surface area (Å²) in [5, 5.41) is 10.6. The van der Waals surface area contributed by atoms with Crippen LogP contribution in [0.25, 0.3) is 0 Å². The molecule has 3 nitrogen and oxygen atoms in total. The molecule has 2 unspecified atom stereocenters. The van der Waals surface area contributed by atoms with E-state index in [0.29, 0.717) is 0 Å². The van der Waals surface area contributed by atoms with Crippen LogP contribution in [0.15, 0.2) is 12.4 Å². The molecule has 0 bridgehead atoms. The van der Waals surface area contributed by atoms with Gasteiger partial charge in [-0.2, -0.15) is 0 Å². The van der Waals surface area contributed by atoms with Crippen molar-refractivity contribution in [2.45, 2.75) is 57.5 Å². The number of hydrogen-bond donors (Lipinski definition) is 1. The van der Waals surface area contributed by atoms with Crippen LogP contribution in [-0.4, -0.2) is 20.3 Å². The number of aromatic nitrogens is 2. The lowest BCUT2D eigenvalue weighted by Gasteiger charge is -2.36. The van der Waals surface area contributed by atoms with Gasteiger partial charge in [0.2, 0.25) is 0 Å². The third-order valence-electron chi connectivity index (χ3n) is 4.24. The zero-order chi connectivity index (χ0) is 12.3. The molecule has 0 aliphatic heterocycles. The highest BCUT2D eigenvalue weighted by molar-refractivity contribution is 4.95. The van der Waals surface area contributed by atoms with Gasteiger partial charge < -0.3 is 9.67 Å².